The van der Waals surface area contributed by atoms with Crippen LogP contribution in [0.1, 0.15) is 59.9 Å². The number of ether oxygens (including phenoxy) is 1. The molecule has 0 aromatic heterocycles. The summed E-state index contributed by atoms with van der Waals surface area (Å²) in [4.78, 5) is 17.5. The molecule has 0 fully saturated rings. The van der Waals surface area contributed by atoms with Crippen LogP contribution in [-0.2, 0) is 25.2 Å². The molecule has 0 amide bonds. The molecule has 0 spiro atoms. The van der Waals surface area contributed by atoms with Crippen molar-refractivity contribution in [3.8, 4) is 0 Å². The standard InChI is InChI=1S/C16H19BrFNO4S.2C2H6/c1-4-22-15(20)16(2,24(3)21)9-11-8-14(19-23-11)12-6-5-10(17)7-13(12)18;2*1-2/h5-7,11H,4,8-9H2,1-3H3;2*1-2H3. The third kappa shape index (κ3) is 6.95. The van der Waals surface area contributed by atoms with E-state index in [0.717, 1.165) is 0 Å². The van der Waals surface area contributed by atoms with Crippen LogP contribution in [0.5, 0.6) is 0 Å². The first kappa shape index (κ1) is 26.7. The first-order valence-electron chi connectivity index (χ1n) is 9.46. The molecular formula is C20H31BrFNO4S. The fraction of sp³-hybridized carbons (Fsp3) is 0.600. The SMILES string of the molecule is CC.CC.CCOC(=O)C(C)(CC1CC(c2ccc(Br)cc2F)=NO1)S(C)=O. The van der Waals surface area contributed by atoms with Crippen molar-refractivity contribution < 1.29 is 23.0 Å². The van der Waals surface area contributed by atoms with Gasteiger partial charge in [0.05, 0.1) is 12.3 Å². The lowest BCUT2D eigenvalue weighted by atomic mass is 9.97. The van der Waals surface area contributed by atoms with Crippen molar-refractivity contribution in [2.24, 2.45) is 5.16 Å². The lowest BCUT2D eigenvalue weighted by Gasteiger charge is -2.26. The molecule has 0 radical (unpaired) electrons. The first-order chi connectivity index (χ1) is 13.3. The maximum atomic E-state index is 14.0. The second-order valence-electron chi connectivity index (χ2n) is 5.70. The van der Waals surface area contributed by atoms with Gasteiger partial charge in [-0.25, -0.2) is 4.39 Å². The Morgan fingerprint density at radius 1 is 1.39 bits per heavy atom. The predicted molar refractivity (Wildman–Crippen MR) is 117 cm³/mol. The van der Waals surface area contributed by atoms with Gasteiger partial charge in [0.15, 0.2) is 0 Å². The lowest BCUT2D eigenvalue weighted by molar-refractivity contribution is -0.146. The molecule has 3 atom stereocenters. The number of benzene rings is 1. The molecule has 1 aromatic rings. The summed E-state index contributed by atoms with van der Waals surface area (Å²) in [5.74, 6) is -0.933. The summed E-state index contributed by atoms with van der Waals surface area (Å²) in [5, 5.41) is 3.94. The quantitative estimate of drug-likeness (QED) is 0.524. The van der Waals surface area contributed by atoms with Crippen molar-refractivity contribution in [2.75, 3.05) is 12.9 Å². The summed E-state index contributed by atoms with van der Waals surface area (Å²) < 4.78 is 30.6. The molecule has 8 heteroatoms. The lowest BCUT2D eigenvalue weighted by Crippen LogP contribution is -2.44. The monoisotopic (exact) mass is 479 g/mol. The van der Waals surface area contributed by atoms with E-state index in [9.17, 15) is 13.4 Å². The van der Waals surface area contributed by atoms with Crippen LogP contribution in [0.3, 0.4) is 0 Å². The van der Waals surface area contributed by atoms with Crippen molar-refractivity contribution in [3.05, 3.63) is 34.1 Å². The number of rotatable bonds is 6. The van der Waals surface area contributed by atoms with Gasteiger partial charge in [0.1, 0.15) is 16.7 Å². The van der Waals surface area contributed by atoms with Crippen LogP contribution < -0.4 is 0 Å². The van der Waals surface area contributed by atoms with Crippen LogP contribution in [-0.4, -0.2) is 39.6 Å². The molecule has 1 aromatic carbocycles. The van der Waals surface area contributed by atoms with Crippen molar-refractivity contribution in [2.45, 2.75) is 65.2 Å². The number of esters is 1. The van der Waals surface area contributed by atoms with Gasteiger partial charge in [-0.2, -0.15) is 0 Å². The normalized spacial score (nSPS) is 18.2. The van der Waals surface area contributed by atoms with Gasteiger partial charge in [-0.05, 0) is 32.0 Å². The molecule has 3 unspecified atom stereocenters. The Kier molecular flexibility index (Phi) is 12.4. The maximum Gasteiger partial charge on any atom is 0.324 e. The fourth-order valence-electron chi connectivity index (χ4n) is 2.46. The van der Waals surface area contributed by atoms with Gasteiger partial charge < -0.3 is 9.57 Å². The zero-order valence-electron chi connectivity index (χ0n) is 17.7. The third-order valence-electron chi connectivity index (χ3n) is 3.93. The predicted octanol–water partition coefficient (Wildman–Crippen LogP) is 5.22. The second-order valence-corrected chi connectivity index (χ2v) is 8.43. The van der Waals surface area contributed by atoms with Crippen LogP contribution in [0.2, 0.25) is 0 Å². The van der Waals surface area contributed by atoms with E-state index >= 15 is 0 Å². The highest BCUT2D eigenvalue weighted by Gasteiger charge is 2.43. The molecule has 5 nitrogen and oxygen atoms in total. The largest absolute Gasteiger partial charge is 0.465 e. The Labute approximate surface area is 178 Å². The molecule has 160 valence electrons. The molecule has 1 heterocycles. The summed E-state index contributed by atoms with van der Waals surface area (Å²) >= 11 is 3.21. The molecule has 1 aliphatic rings. The Morgan fingerprint density at radius 2 is 2.00 bits per heavy atom. The van der Waals surface area contributed by atoms with Gasteiger partial charge in [0.2, 0.25) is 0 Å². The number of carbonyl (C=O) groups is 1. The first-order valence-corrected chi connectivity index (χ1v) is 11.8. The molecule has 0 saturated heterocycles. The number of carbonyl (C=O) groups excluding carboxylic acids is 1. The van der Waals surface area contributed by atoms with Crippen LogP contribution in [0.25, 0.3) is 0 Å². The van der Waals surface area contributed by atoms with E-state index < -0.39 is 33.4 Å². The molecule has 2 rings (SSSR count). The van der Waals surface area contributed by atoms with Crippen molar-refractivity contribution in [1.29, 1.82) is 0 Å². The van der Waals surface area contributed by atoms with Crippen LogP contribution in [0.4, 0.5) is 4.39 Å². The molecule has 0 aliphatic carbocycles. The number of oxime groups is 1. The Hall–Kier alpha value is -1.28. The highest BCUT2D eigenvalue weighted by molar-refractivity contribution is 9.10. The van der Waals surface area contributed by atoms with E-state index in [4.69, 9.17) is 9.57 Å². The van der Waals surface area contributed by atoms with E-state index in [0.29, 0.717) is 22.2 Å². The van der Waals surface area contributed by atoms with Crippen molar-refractivity contribution >= 4 is 38.4 Å². The van der Waals surface area contributed by atoms with Crippen LogP contribution >= 0.6 is 15.9 Å². The topological polar surface area (TPSA) is 65.0 Å². The number of nitrogens with zero attached hydrogens (tertiary/aromatic N) is 1. The van der Waals surface area contributed by atoms with Gasteiger partial charge >= 0.3 is 5.97 Å². The van der Waals surface area contributed by atoms with E-state index in [2.05, 4.69) is 21.1 Å². The van der Waals surface area contributed by atoms with Gasteiger partial charge in [-0.1, -0.05) is 48.8 Å². The van der Waals surface area contributed by atoms with E-state index in [-0.39, 0.29) is 13.0 Å². The molecule has 28 heavy (non-hydrogen) atoms. The summed E-state index contributed by atoms with van der Waals surface area (Å²) in [6.45, 7) is 11.5. The number of hydrogen-bond donors (Lipinski definition) is 0. The van der Waals surface area contributed by atoms with Crippen molar-refractivity contribution in [1.82, 2.24) is 0 Å². The smallest absolute Gasteiger partial charge is 0.324 e. The number of halogens is 2. The van der Waals surface area contributed by atoms with E-state index in [1.807, 2.05) is 27.7 Å². The van der Waals surface area contributed by atoms with Gasteiger partial charge in [-0.15, -0.1) is 0 Å². The Bertz CT molecular complexity index is 699. The summed E-state index contributed by atoms with van der Waals surface area (Å²) in [6, 6.07) is 4.69. The van der Waals surface area contributed by atoms with Gasteiger partial charge in [0, 0.05) is 39.9 Å². The molecule has 0 bridgehead atoms. The summed E-state index contributed by atoms with van der Waals surface area (Å²) in [7, 11) is -1.45. The molecule has 0 N–H and O–H groups in total. The van der Waals surface area contributed by atoms with E-state index in [1.54, 1.807) is 26.0 Å². The second kappa shape index (κ2) is 13.0. The summed E-state index contributed by atoms with van der Waals surface area (Å²) in [5.41, 5.74) is 0.828. The Morgan fingerprint density at radius 3 is 2.50 bits per heavy atom. The average molecular weight is 480 g/mol. The average Bonchev–Trinajstić information content (AvgIpc) is 3.12. The summed E-state index contributed by atoms with van der Waals surface area (Å²) in [6.07, 6.45) is 1.52. The Balaban J connectivity index is 0.00000171. The van der Waals surface area contributed by atoms with Crippen molar-refractivity contribution in [3.63, 3.8) is 0 Å². The molecular weight excluding hydrogens is 449 g/mol. The zero-order valence-corrected chi connectivity index (χ0v) is 20.1. The van der Waals surface area contributed by atoms with Gasteiger partial charge in [-0.3, -0.25) is 9.00 Å². The minimum atomic E-state index is -1.45. The highest BCUT2D eigenvalue weighted by Crippen LogP contribution is 2.29. The van der Waals surface area contributed by atoms with Gasteiger partial charge in [0.25, 0.3) is 0 Å². The molecule has 0 saturated carbocycles. The zero-order chi connectivity index (χ0) is 21.9. The maximum absolute atomic E-state index is 14.0. The van der Waals surface area contributed by atoms with E-state index in [1.165, 1.54) is 12.3 Å². The fourth-order valence-corrected chi connectivity index (χ4v) is 3.50. The minimum absolute atomic E-state index is 0.181. The number of hydrogen-bond acceptors (Lipinski definition) is 5. The van der Waals surface area contributed by atoms with Crippen LogP contribution in [0.15, 0.2) is 27.8 Å². The minimum Gasteiger partial charge on any atom is -0.465 e. The third-order valence-corrected chi connectivity index (χ3v) is 6.03. The highest BCUT2D eigenvalue weighted by atomic mass is 79.9. The molecule has 1 aliphatic heterocycles. The van der Waals surface area contributed by atoms with Crippen LogP contribution in [0, 0.1) is 5.82 Å².